The van der Waals surface area contributed by atoms with Gasteiger partial charge in [0.2, 0.25) is 11.8 Å². The number of benzene rings is 3. The number of piperidine rings is 2. The highest BCUT2D eigenvalue weighted by Gasteiger charge is 2.39. The van der Waals surface area contributed by atoms with E-state index in [0.29, 0.717) is 52.8 Å². The Balaban J connectivity index is 0.967. The van der Waals surface area contributed by atoms with Gasteiger partial charge in [-0.3, -0.25) is 29.4 Å². The minimum Gasteiger partial charge on any atom is -0.497 e. The van der Waals surface area contributed by atoms with Crippen molar-refractivity contribution >= 4 is 34.3 Å². The van der Waals surface area contributed by atoms with Gasteiger partial charge < -0.3 is 24.3 Å². The molecule has 12 nitrogen and oxygen atoms in total. The van der Waals surface area contributed by atoms with Crippen molar-refractivity contribution in [3.05, 3.63) is 81.6 Å². The van der Waals surface area contributed by atoms with Crippen LogP contribution in [0.4, 0.5) is 5.69 Å². The van der Waals surface area contributed by atoms with E-state index in [1.165, 1.54) is 7.11 Å². The molecule has 1 atom stereocenters. The molecule has 2 N–H and O–H groups in total. The Labute approximate surface area is 277 Å². The predicted octanol–water partition coefficient (Wildman–Crippen LogP) is 3.47. The number of anilines is 1. The fourth-order valence-electron chi connectivity index (χ4n) is 7.16. The Hall–Kier alpha value is -5.23. The summed E-state index contributed by atoms with van der Waals surface area (Å²) >= 11 is 0. The van der Waals surface area contributed by atoms with Crippen molar-refractivity contribution in [2.45, 2.75) is 50.9 Å². The molecule has 0 aliphatic carbocycles. The number of carbonyl (C=O) groups excluding carboxylic acids is 3. The van der Waals surface area contributed by atoms with Gasteiger partial charge >= 0.3 is 0 Å². The van der Waals surface area contributed by atoms with Crippen molar-refractivity contribution in [2.24, 2.45) is 0 Å². The smallest absolute Gasteiger partial charge is 0.262 e. The SMILES string of the molecule is COc1cc(OC)c2c(=O)[nH]c(-c3ccc(N4CCC(N(C)Cc5ccc6c(c5)CN(C5CCC(=O)NC5=O)C6=O)CC4)cc3)nc2c1. The van der Waals surface area contributed by atoms with Crippen molar-refractivity contribution in [1.82, 2.24) is 25.1 Å². The van der Waals surface area contributed by atoms with E-state index >= 15 is 0 Å². The van der Waals surface area contributed by atoms with Crippen molar-refractivity contribution in [2.75, 3.05) is 39.3 Å². The number of H-pyrrole nitrogens is 1. The largest absolute Gasteiger partial charge is 0.497 e. The van der Waals surface area contributed by atoms with Crippen LogP contribution in [0.5, 0.6) is 11.5 Å². The number of hydrogen-bond acceptors (Lipinski definition) is 9. The van der Waals surface area contributed by atoms with Crippen molar-refractivity contribution in [1.29, 1.82) is 0 Å². The first-order valence-corrected chi connectivity index (χ1v) is 16.2. The number of methoxy groups -OCH3 is 2. The minimum absolute atomic E-state index is 0.150. The number of amides is 3. The Morgan fingerprint density at radius 1 is 0.938 bits per heavy atom. The monoisotopic (exact) mass is 650 g/mol. The Bertz CT molecular complexity index is 1970. The third kappa shape index (κ3) is 5.87. The number of nitrogens with one attached hydrogen (secondary N) is 2. The van der Waals surface area contributed by atoms with Crippen molar-refractivity contribution in [3.63, 3.8) is 0 Å². The first-order chi connectivity index (χ1) is 23.2. The maximum absolute atomic E-state index is 13.1. The van der Waals surface area contributed by atoms with E-state index < -0.39 is 11.9 Å². The number of aromatic amines is 1. The van der Waals surface area contributed by atoms with Gasteiger partial charge in [0.15, 0.2) is 0 Å². The zero-order valence-corrected chi connectivity index (χ0v) is 27.2. The van der Waals surface area contributed by atoms with Crippen molar-refractivity contribution in [3.8, 4) is 22.9 Å². The molecule has 1 aromatic heterocycles. The molecule has 3 amide bonds. The lowest BCUT2D eigenvalue weighted by molar-refractivity contribution is -0.136. The number of fused-ring (bicyclic) bond motifs is 2. The molecule has 2 fully saturated rings. The summed E-state index contributed by atoms with van der Waals surface area (Å²) in [6, 6.07) is 17.3. The summed E-state index contributed by atoms with van der Waals surface area (Å²) < 4.78 is 10.8. The summed E-state index contributed by atoms with van der Waals surface area (Å²) in [6.45, 7) is 2.97. The number of imide groups is 1. The van der Waals surface area contributed by atoms with Crippen LogP contribution in [0.15, 0.2) is 59.4 Å². The number of hydrogen-bond donors (Lipinski definition) is 2. The highest BCUT2D eigenvalue weighted by Crippen LogP contribution is 2.31. The van der Waals surface area contributed by atoms with Crippen LogP contribution in [0.3, 0.4) is 0 Å². The lowest BCUT2D eigenvalue weighted by Crippen LogP contribution is -2.52. The normalized spacial score (nSPS) is 18.4. The molecule has 0 radical (unpaired) electrons. The van der Waals surface area contributed by atoms with E-state index in [2.05, 4.69) is 45.3 Å². The van der Waals surface area contributed by atoms with E-state index in [4.69, 9.17) is 14.5 Å². The van der Waals surface area contributed by atoms with Crippen molar-refractivity contribution < 1.29 is 23.9 Å². The van der Waals surface area contributed by atoms with Crippen LogP contribution in [0.25, 0.3) is 22.3 Å². The standard InChI is InChI=1S/C36H38N6O6/c1-40(19-21-4-9-27-23(16-21)20-42(36(27)46)29-10-11-31(43)38-34(29)44)24-12-14-41(15-13-24)25-7-5-22(6-8-25)33-37-28-17-26(47-2)18-30(48-3)32(28)35(45)39-33/h4-9,16-18,24,29H,10-15,19-20H2,1-3H3,(H,37,39,45)(H,38,43,44). The zero-order chi connectivity index (χ0) is 33.5. The molecule has 0 spiro atoms. The van der Waals surface area contributed by atoms with E-state index in [0.717, 1.165) is 54.9 Å². The highest BCUT2D eigenvalue weighted by atomic mass is 16.5. The second-order valence-corrected chi connectivity index (χ2v) is 12.7. The molecule has 3 aromatic carbocycles. The van der Waals surface area contributed by atoms with Gasteiger partial charge in [-0.2, -0.15) is 0 Å². The molecule has 12 heteroatoms. The predicted molar refractivity (Wildman–Crippen MR) is 180 cm³/mol. The first kappa shape index (κ1) is 31.4. The fraction of sp³-hybridized carbons (Fsp3) is 0.361. The van der Waals surface area contributed by atoms with Gasteiger partial charge in [-0.15, -0.1) is 0 Å². The molecule has 2 saturated heterocycles. The van der Waals surface area contributed by atoms with Crippen LogP contribution in [-0.2, 0) is 22.7 Å². The summed E-state index contributed by atoms with van der Waals surface area (Å²) in [5.41, 5.74) is 4.85. The molecule has 4 aromatic rings. The minimum atomic E-state index is -0.608. The molecule has 0 bridgehead atoms. The van der Waals surface area contributed by atoms with E-state index in [9.17, 15) is 19.2 Å². The van der Waals surface area contributed by atoms with Crippen LogP contribution in [0.1, 0.15) is 47.2 Å². The molecule has 248 valence electrons. The van der Waals surface area contributed by atoms with E-state index in [1.54, 1.807) is 24.1 Å². The third-order valence-corrected chi connectivity index (χ3v) is 9.82. The third-order valence-electron chi connectivity index (χ3n) is 9.82. The summed E-state index contributed by atoms with van der Waals surface area (Å²) in [4.78, 5) is 63.9. The number of nitrogens with zero attached hydrogens (tertiary/aromatic N) is 4. The maximum Gasteiger partial charge on any atom is 0.262 e. The lowest BCUT2D eigenvalue weighted by atomic mass is 10.0. The summed E-state index contributed by atoms with van der Waals surface area (Å²) in [5.74, 6) is 0.630. The van der Waals surface area contributed by atoms with Gasteiger partial charge in [-0.1, -0.05) is 12.1 Å². The number of carbonyl (C=O) groups is 3. The molecule has 3 aliphatic rings. The summed E-state index contributed by atoms with van der Waals surface area (Å²) in [5, 5.41) is 2.74. The average Bonchev–Trinajstić information content (AvgIpc) is 3.42. The second-order valence-electron chi connectivity index (χ2n) is 12.7. The van der Waals surface area contributed by atoms with Crippen LogP contribution >= 0.6 is 0 Å². The van der Waals surface area contributed by atoms with Crippen LogP contribution in [-0.4, -0.2) is 83.9 Å². The Morgan fingerprint density at radius 2 is 1.71 bits per heavy atom. The topological polar surface area (TPSA) is 137 Å². The molecular weight excluding hydrogens is 612 g/mol. The van der Waals surface area contributed by atoms with Gasteiger partial charge in [-0.25, -0.2) is 4.98 Å². The van der Waals surface area contributed by atoms with Crippen LogP contribution in [0, 0.1) is 0 Å². The molecule has 48 heavy (non-hydrogen) atoms. The van der Waals surface area contributed by atoms with Gasteiger partial charge in [0.25, 0.3) is 11.5 Å². The maximum atomic E-state index is 13.1. The van der Waals surface area contributed by atoms with Crippen LogP contribution in [0.2, 0.25) is 0 Å². The molecule has 0 saturated carbocycles. The first-order valence-electron chi connectivity index (χ1n) is 16.2. The van der Waals surface area contributed by atoms with Crippen LogP contribution < -0.4 is 25.2 Å². The second kappa shape index (κ2) is 12.8. The molecular formula is C36H38N6O6. The van der Waals surface area contributed by atoms with Gasteiger partial charge in [-0.05, 0) is 67.8 Å². The molecule has 3 aliphatic heterocycles. The molecule has 1 unspecified atom stereocenters. The fourth-order valence-corrected chi connectivity index (χ4v) is 7.16. The molecule has 4 heterocycles. The summed E-state index contributed by atoms with van der Waals surface area (Å²) in [6.07, 6.45) is 2.62. The quantitative estimate of drug-likeness (QED) is 0.275. The van der Waals surface area contributed by atoms with E-state index in [1.807, 2.05) is 24.3 Å². The zero-order valence-electron chi connectivity index (χ0n) is 27.2. The van der Waals surface area contributed by atoms with Gasteiger partial charge in [0.1, 0.15) is 28.8 Å². The Kier molecular flexibility index (Phi) is 8.34. The van der Waals surface area contributed by atoms with Gasteiger partial charge in [0.05, 0.1) is 19.7 Å². The number of rotatable bonds is 8. The summed E-state index contributed by atoms with van der Waals surface area (Å²) in [7, 11) is 5.22. The highest BCUT2D eigenvalue weighted by molar-refractivity contribution is 6.05. The molecule has 7 rings (SSSR count). The lowest BCUT2D eigenvalue weighted by Gasteiger charge is -2.38. The number of aromatic nitrogens is 2. The Morgan fingerprint density at radius 3 is 2.42 bits per heavy atom. The van der Waals surface area contributed by atoms with Gasteiger partial charge in [0, 0.05) is 67.6 Å². The van der Waals surface area contributed by atoms with E-state index in [-0.39, 0.29) is 23.8 Å². The number of ether oxygens (including phenoxy) is 2. The average molecular weight is 651 g/mol.